The van der Waals surface area contributed by atoms with E-state index in [0.29, 0.717) is 17.8 Å². The molecule has 1 aliphatic heterocycles. The molecule has 0 N–H and O–H groups in total. The minimum Gasteiger partial charge on any atom is -0.451 e. The molecule has 1 atom stereocenters. The van der Waals surface area contributed by atoms with Gasteiger partial charge < -0.3 is 9.64 Å². The predicted molar refractivity (Wildman–Crippen MR) is 119 cm³/mol. The molecule has 1 amide bonds. The molecule has 2 heterocycles. The third kappa shape index (κ3) is 4.72. The highest BCUT2D eigenvalue weighted by Gasteiger charge is 2.33. The van der Waals surface area contributed by atoms with Crippen molar-refractivity contribution in [3.8, 4) is 16.9 Å². The highest BCUT2D eigenvalue weighted by atomic mass is 32.2. The summed E-state index contributed by atoms with van der Waals surface area (Å²) in [4.78, 5) is 26.7. The lowest BCUT2D eigenvalue weighted by molar-refractivity contribution is -0.134. The number of carbonyl (C=O) groups excluding carboxylic acids is 2. The molecule has 8 nitrogen and oxygen atoms in total. The van der Waals surface area contributed by atoms with Crippen molar-refractivity contribution < 1.29 is 22.7 Å². The second-order valence-electron chi connectivity index (χ2n) is 7.67. The average Bonchev–Trinajstić information content (AvgIpc) is 3.41. The molecule has 0 spiro atoms. The fraction of sp³-hybridized carbons (Fsp3) is 0.261. The Morgan fingerprint density at radius 2 is 1.75 bits per heavy atom. The molecule has 1 fully saturated rings. The maximum atomic E-state index is 12.9. The number of aromatic nitrogens is 2. The Bertz CT molecular complexity index is 1220. The van der Waals surface area contributed by atoms with Crippen LogP contribution in [-0.4, -0.2) is 66.2 Å². The Hall–Kier alpha value is -3.46. The fourth-order valence-electron chi connectivity index (χ4n) is 3.63. The summed E-state index contributed by atoms with van der Waals surface area (Å²) in [5, 5.41) is 4.57. The third-order valence-electron chi connectivity index (χ3n) is 5.47. The molecule has 4 rings (SSSR count). The van der Waals surface area contributed by atoms with E-state index in [1.807, 2.05) is 60.7 Å². The first-order valence-corrected chi connectivity index (χ1v) is 12.0. The molecule has 9 heteroatoms. The van der Waals surface area contributed by atoms with Crippen molar-refractivity contribution in [1.82, 2.24) is 14.7 Å². The van der Waals surface area contributed by atoms with Gasteiger partial charge in [0.25, 0.3) is 5.91 Å². The molecule has 166 valence electrons. The number of amides is 1. The van der Waals surface area contributed by atoms with Crippen LogP contribution in [0.4, 0.5) is 0 Å². The Morgan fingerprint density at radius 3 is 2.38 bits per heavy atom. The zero-order valence-corrected chi connectivity index (χ0v) is 18.4. The standard InChI is InChI=1S/C23H23N3O5S/c1-25(19-12-13-32(29,30)16-19)22(27)15-31-23(28)21-14-20(17-8-4-2-5-9-17)24-26(21)18-10-6-3-7-11-18/h2-11,14,19H,12-13,15-16H2,1H3/t19-/m1/s1. The summed E-state index contributed by atoms with van der Waals surface area (Å²) in [5.41, 5.74) is 2.31. The Labute approximate surface area is 186 Å². The molecule has 1 aliphatic rings. The quantitative estimate of drug-likeness (QED) is 0.532. The van der Waals surface area contributed by atoms with Crippen molar-refractivity contribution in [2.75, 3.05) is 25.2 Å². The van der Waals surface area contributed by atoms with E-state index in [4.69, 9.17) is 4.74 Å². The van der Waals surface area contributed by atoms with Crippen LogP contribution in [-0.2, 0) is 19.4 Å². The van der Waals surface area contributed by atoms with Crippen molar-refractivity contribution >= 4 is 21.7 Å². The number of hydrogen-bond acceptors (Lipinski definition) is 6. The molecule has 3 aromatic rings. The lowest BCUT2D eigenvalue weighted by Crippen LogP contribution is -2.40. The van der Waals surface area contributed by atoms with E-state index in [1.165, 1.54) is 16.6 Å². The van der Waals surface area contributed by atoms with Gasteiger partial charge in [0.2, 0.25) is 0 Å². The Balaban J connectivity index is 1.52. The molecular formula is C23H23N3O5S. The minimum atomic E-state index is -3.12. The number of carbonyl (C=O) groups is 2. The zero-order valence-electron chi connectivity index (χ0n) is 17.5. The van der Waals surface area contributed by atoms with Gasteiger partial charge in [-0.1, -0.05) is 48.5 Å². The van der Waals surface area contributed by atoms with Gasteiger partial charge in [-0.3, -0.25) is 4.79 Å². The number of ether oxygens (including phenoxy) is 1. The second kappa shape index (κ2) is 8.96. The van der Waals surface area contributed by atoms with Gasteiger partial charge in [-0.2, -0.15) is 5.10 Å². The number of benzene rings is 2. The minimum absolute atomic E-state index is 0.0631. The Morgan fingerprint density at radius 1 is 1.09 bits per heavy atom. The van der Waals surface area contributed by atoms with Crippen molar-refractivity contribution in [3.05, 3.63) is 72.4 Å². The molecule has 32 heavy (non-hydrogen) atoms. The molecule has 1 aromatic heterocycles. The monoisotopic (exact) mass is 453 g/mol. The van der Waals surface area contributed by atoms with Crippen LogP contribution >= 0.6 is 0 Å². The largest absolute Gasteiger partial charge is 0.451 e. The average molecular weight is 454 g/mol. The van der Waals surface area contributed by atoms with Crippen molar-refractivity contribution in [2.24, 2.45) is 0 Å². The molecule has 0 aliphatic carbocycles. The van der Waals surface area contributed by atoms with E-state index in [0.717, 1.165) is 5.56 Å². The number of sulfone groups is 1. The van der Waals surface area contributed by atoms with Crippen LogP contribution < -0.4 is 0 Å². The van der Waals surface area contributed by atoms with Gasteiger partial charge in [0.05, 0.1) is 22.9 Å². The summed E-state index contributed by atoms with van der Waals surface area (Å²) in [6, 6.07) is 19.8. The van der Waals surface area contributed by atoms with Gasteiger partial charge in [0.15, 0.2) is 22.1 Å². The normalized spacial score (nSPS) is 17.1. The lowest BCUT2D eigenvalue weighted by atomic mass is 10.1. The van der Waals surface area contributed by atoms with Gasteiger partial charge in [-0.15, -0.1) is 0 Å². The summed E-state index contributed by atoms with van der Waals surface area (Å²) < 4.78 is 30.1. The van der Waals surface area contributed by atoms with E-state index < -0.39 is 34.4 Å². The van der Waals surface area contributed by atoms with E-state index >= 15 is 0 Å². The highest BCUT2D eigenvalue weighted by molar-refractivity contribution is 7.91. The van der Waals surface area contributed by atoms with Gasteiger partial charge in [-0.05, 0) is 24.6 Å². The molecule has 1 saturated heterocycles. The van der Waals surface area contributed by atoms with E-state index in [9.17, 15) is 18.0 Å². The molecule has 0 bridgehead atoms. The molecule has 2 aromatic carbocycles. The van der Waals surface area contributed by atoms with E-state index in [1.54, 1.807) is 6.07 Å². The Kier molecular flexibility index (Phi) is 6.09. The summed E-state index contributed by atoms with van der Waals surface area (Å²) in [5.74, 6) is -1.14. The smallest absolute Gasteiger partial charge is 0.357 e. The van der Waals surface area contributed by atoms with Gasteiger partial charge >= 0.3 is 5.97 Å². The second-order valence-corrected chi connectivity index (χ2v) is 9.89. The van der Waals surface area contributed by atoms with Crippen molar-refractivity contribution in [2.45, 2.75) is 12.5 Å². The van der Waals surface area contributed by atoms with Crippen LogP contribution in [0.15, 0.2) is 66.7 Å². The van der Waals surface area contributed by atoms with Crippen molar-refractivity contribution in [1.29, 1.82) is 0 Å². The maximum absolute atomic E-state index is 12.9. The number of esters is 1. The summed E-state index contributed by atoms with van der Waals surface area (Å²) >= 11 is 0. The van der Waals surface area contributed by atoms with Crippen LogP contribution in [0.3, 0.4) is 0 Å². The van der Waals surface area contributed by atoms with E-state index in [-0.39, 0.29) is 17.2 Å². The first-order valence-electron chi connectivity index (χ1n) is 10.2. The SMILES string of the molecule is CN(C(=O)COC(=O)c1cc(-c2ccccc2)nn1-c1ccccc1)[C@@H]1CCS(=O)(=O)C1. The molecular weight excluding hydrogens is 430 g/mol. The zero-order chi connectivity index (χ0) is 22.7. The van der Waals surface area contributed by atoms with Gasteiger partial charge in [0.1, 0.15) is 0 Å². The van der Waals surface area contributed by atoms with Crippen LogP contribution in [0.2, 0.25) is 0 Å². The third-order valence-corrected chi connectivity index (χ3v) is 7.22. The van der Waals surface area contributed by atoms with Crippen LogP contribution in [0.5, 0.6) is 0 Å². The summed E-state index contributed by atoms with van der Waals surface area (Å²) in [7, 11) is -1.59. The highest BCUT2D eigenvalue weighted by Crippen LogP contribution is 2.22. The summed E-state index contributed by atoms with van der Waals surface area (Å²) in [6.07, 6.45) is 0.389. The predicted octanol–water partition coefficient (Wildman–Crippen LogP) is 2.34. The lowest BCUT2D eigenvalue weighted by Gasteiger charge is -2.23. The van der Waals surface area contributed by atoms with Gasteiger partial charge in [-0.25, -0.2) is 17.9 Å². The molecule has 0 unspecified atom stereocenters. The van der Waals surface area contributed by atoms with Crippen LogP contribution in [0.1, 0.15) is 16.9 Å². The molecule has 0 saturated carbocycles. The van der Waals surface area contributed by atoms with Crippen LogP contribution in [0.25, 0.3) is 16.9 Å². The number of hydrogen-bond donors (Lipinski definition) is 0. The number of nitrogens with zero attached hydrogens (tertiary/aromatic N) is 3. The number of likely N-dealkylation sites (N-methyl/N-ethyl adjacent to an activating group) is 1. The van der Waals surface area contributed by atoms with Crippen LogP contribution in [0, 0.1) is 0 Å². The van der Waals surface area contributed by atoms with E-state index in [2.05, 4.69) is 5.10 Å². The maximum Gasteiger partial charge on any atom is 0.357 e. The summed E-state index contributed by atoms with van der Waals surface area (Å²) in [6.45, 7) is -0.480. The molecule has 0 radical (unpaired) electrons. The first-order chi connectivity index (χ1) is 15.3. The topological polar surface area (TPSA) is 98.6 Å². The fourth-order valence-corrected chi connectivity index (χ4v) is 5.40. The number of rotatable bonds is 6. The van der Waals surface area contributed by atoms with Crippen molar-refractivity contribution in [3.63, 3.8) is 0 Å². The number of para-hydroxylation sites is 1. The first kappa shape index (κ1) is 21.8. The van der Waals surface area contributed by atoms with Gasteiger partial charge in [0, 0.05) is 18.7 Å².